The van der Waals surface area contributed by atoms with Gasteiger partial charge in [-0.25, -0.2) is 19.7 Å². The third-order valence-corrected chi connectivity index (χ3v) is 4.58. The summed E-state index contributed by atoms with van der Waals surface area (Å²) in [5.41, 5.74) is 1.09. The molecule has 2 aromatic heterocycles. The fourth-order valence-electron chi connectivity index (χ4n) is 3.06. The van der Waals surface area contributed by atoms with Crippen LogP contribution >= 0.6 is 0 Å². The highest BCUT2D eigenvalue weighted by Crippen LogP contribution is 2.26. The molecule has 7 nitrogen and oxygen atoms in total. The topological polar surface area (TPSA) is 75.9 Å². The normalized spacial score (nSPS) is 16.8. The first-order valence-corrected chi connectivity index (χ1v) is 8.43. The lowest BCUT2D eigenvalue weighted by atomic mass is 9.93. The number of hydrogen-bond donors (Lipinski definition) is 1. The summed E-state index contributed by atoms with van der Waals surface area (Å²) in [5, 5.41) is 3.02. The Morgan fingerprint density at radius 1 is 1.38 bits per heavy atom. The van der Waals surface area contributed by atoms with Crippen molar-refractivity contribution in [2.24, 2.45) is 0 Å². The van der Waals surface area contributed by atoms with Gasteiger partial charge in [0.2, 0.25) is 0 Å². The molecule has 2 aromatic rings. The van der Waals surface area contributed by atoms with Crippen LogP contribution in [0.5, 0.6) is 0 Å². The van der Waals surface area contributed by atoms with Gasteiger partial charge in [0.1, 0.15) is 5.82 Å². The zero-order valence-electron chi connectivity index (χ0n) is 14.2. The second-order valence-electron chi connectivity index (χ2n) is 6.34. The van der Waals surface area contributed by atoms with Gasteiger partial charge >= 0.3 is 6.03 Å². The molecule has 1 aliphatic heterocycles. The third-order valence-electron chi connectivity index (χ3n) is 4.58. The van der Waals surface area contributed by atoms with Gasteiger partial charge in [0.05, 0.1) is 6.33 Å². The maximum atomic E-state index is 12.3. The van der Waals surface area contributed by atoms with E-state index in [-0.39, 0.29) is 12.1 Å². The third kappa shape index (κ3) is 3.90. The van der Waals surface area contributed by atoms with Crippen molar-refractivity contribution < 1.29 is 4.79 Å². The van der Waals surface area contributed by atoms with E-state index in [9.17, 15) is 4.79 Å². The molecule has 0 aromatic carbocycles. The molecule has 1 aliphatic rings. The zero-order valence-corrected chi connectivity index (χ0v) is 14.2. The summed E-state index contributed by atoms with van der Waals surface area (Å²) in [6.07, 6.45) is 9.13. The van der Waals surface area contributed by atoms with Gasteiger partial charge in [0, 0.05) is 55.9 Å². The van der Waals surface area contributed by atoms with Gasteiger partial charge in [-0.2, -0.15) is 0 Å². The molecular formula is C17H24N6O. The Bertz CT molecular complexity index is 663. The second kappa shape index (κ2) is 7.42. The van der Waals surface area contributed by atoms with Crippen LogP contribution < -0.4 is 5.32 Å². The molecule has 0 saturated carbocycles. The van der Waals surface area contributed by atoms with Crippen molar-refractivity contribution in [1.82, 2.24) is 29.7 Å². The summed E-state index contributed by atoms with van der Waals surface area (Å²) in [7, 11) is 0. The standard InChI is InChI=1S/C17H24N6O/c1-13(23-10-7-18-12-23)11-20-17(24)22-8-4-15(5-9-22)16-3-6-19-14(2)21-16/h3,6-7,10,12-13,15H,4-5,8-9,11H2,1-2H3,(H,20,24)/t13-/m1/s1. The monoisotopic (exact) mass is 328 g/mol. The molecule has 2 amide bonds. The van der Waals surface area contributed by atoms with Crippen molar-refractivity contribution in [2.75, 3.05) is 19.6 Å². The van der Waals surface area contributed by atoms with Crippen LogP contribution in [0.2, 0.25) is 0 Å². The largest absolute Gasteiger partial charge is 0.336 e. The van der Waals surface area contributed by atoms with Crippen LogP contribution in [0.3, 0.4) is 0 Å². The molecule has 0 radical (unpaired) electrons. The van der Waals surface area contributed by atoms with Crippen molar-refractivity contribution in [3.8, 4) is 0 Å². The smallest absolute Gasteiger partial charge is 0.317 e. The van der Waals surface area contributed by atoms with E-state index >= 15 is 0 Å². The molecule has 0 unspecified atom stereocenters. The first kappa shape index (κ1) is 16.4. The fraction of sp³-hybridized carbons (Fsp3) is 0.529. The molecule has 3 heterocycles. The second-order valence-corrected chi connectivity index (χ2v) is 6.34. The Hall–Kier alpha value is -2.44. The summed E-state index contributed by atoms with van der Waals surface area (Å²) in [5.74, 6) is 1.22. The minimum atomic E-state index is 0.0132. The maximum Gasteiger partial charge on any atom is 0.317 e. The quantitative estimate of drug-likeness (QED) is 0.933. The number of piperidine rings is 1. The first-order chi connectivity index (χ1) is 11.6. The lowest BCUT2D eigenvalue weighted by Gasteiger charge is -2.32. The number of aryl methyl sites for hydroxylation is 1. The highest BCUT2D eigenvalue weighted by atomic mass is 16.2. The number of rotatable bonds is 4. The number of nitrogens with one attached hydrogen (secondary N) is 1. The number of aromatic nitrogens is 4. The molecular weight excluding hydrogens is 304 g/mol. The van der Waals surface area contributed by atoms with Gasteiger partial charge in [-0.15, -0.1) is 0 Å². The van der Waals surface area contributed by atoms with Crippen molar-refractivity contribution in [2.45, 2.75) is 38.6 Å². The molecule has 3 rings (SSSR count). The molecule has 128 valence electrons. The predicted octanol–water partition coefficient (Wildman–Crippen LogP) is 2.13. The summed E-state index contributed by atoms with van der Waals surface area (Å²) in [6, 6.07) is 2.19. The van der Waals surface area contributed by atoms with Gasteiger partial charge in [-0.05, 0) is 32.8 Å². The van der Waals surface area contributed by atoms with Crippen molar-refractivity contribution in [1.29, 1.82) is 0 Å². The number of likely N-dealkylation sites (tertiary alicyclic amines) is 1. The number of nitrogens with zero attached hydrogens (tertiary/aromatic N) is 5. The molecule has 1 saturated heterocycles. The van der Waals surface area contributed by atoms with E-state index in [0.29, 0.717) is 12.5 Å². The van der Waals surface area contributed by atoms with Crippen molar-refractivity contribution >= 4 is 6.03 Å². The van der Waals surface area contributed by atoms with Crippen LogP contribution in [0, 0.1) is 6.92 Å². The Morgan fingerprint density at radius 2 is 2.17 bits per heavy atom. The molecule has 0 spiro atoms. The van der Waals surface area contributed by atoms with Crippen molar-refractivity contribution in [3.05, 3.63) is 42.5 Å². The number of urea groups is 1. The number of carbonyl (C=O) groups excluding carboxylic acids is 1. The van der Waals surface area contributed by atoms with Crippen LogP contribution in [0.4, 0.5) is 4.79 Å². The van der Waals surface area contributed by atoms with Gasteiger partial charge in [-0.3, -0.25) is 0 Å². The summed E-state index contributed by atoms with van der Waals surface area (Å²) < 4.78 is 1.99. The minimum Gasteiger partial charge on any atom is -0.336 e. The first-order valence-electron chi connectivity index (χ1n) is 8.43. The van der Waals surface area contributed by atoms with E-state index in [1.165, 1.54) is 0 Å². The lowest BCUT2D eigenvalue weighted by Crippen LogP contribution is -2.45. The predicted molar refractivity (Wildman–Crippen MR) is 90.7 cm³/mol. The minimum absolute atomic E-state index is 0.0132. The van der Waals surface area contributed by atoms with E-state index < -0.39 is 0 Å². The molecule has 0 bridgehead atoms. The summed E-state index contributed by atoms with van der Waals surface area (Å²) >= 11 is 0. The SMILES string of the molecule is Cc1nccc(C2CCN(C(=O)NC[C@@H](C)n3ccnc3)CC2)n1. The van der Waals surface area contributed by atoms with Crippen molar-refractivity contribution in [3.63, 3.8) is 0 Å². The summed E-state index contributed by atoms with van der Waals surface area (Å²) in [4.78, 5) is 26.9. The van der Waals surface area contributed by atoms with Gasteiger partial charge in [-0.1, -0.05) is 0 Å². The van der Waals surface area contributed by atoms with E-state index in [4.69, 9.17) is 0 Å². The van der Waals surface area contributed by atoms with Crippen LogP contribution in [-0.2, 0) is 0 Å². The van der Waals surface area contributed by atoms with Gasteiger partial charge in [0.25, 0.3) is 0 Å². The average molecular weight is 328 g/mol. The van der Waals surface area contributed by atoms with E-state index in [2.05, 4.69) is 27.2 Å². The Balaban J connectivity index is 1.46. The number of imidazole rings is 1. The number of amides is 2. The molecule has 24 heavy (non-hydrogen) atoms. The molecule has 1 fully saturated rings. The number of hydrogen-bond acceptors (Lipinski definition) is 4. The van der Waals surface area contributed by atoms with Gasteiger partial charge < -0.3 is 14.8 Å². The Kier molecular flexibility index (Phi) is 5.08. The molecule has 0 aliphatic carbocycles. The zero-order chi connectivity index (χ0) is 16.9. The number of carbonyl (C=O) groups is 1. The Labute approximate surface area is 142 Å². The molecule has 1 atom stereocenters. The van der Waals surface area contributed by atoms with E-state index in [1.54, 1.807) is 12.5 Å². The van der Waals surface area contributed by atoms with Crippen LogP contribution in [-0.4, -0.2) is 50.1 Å². The van der Waals surface area contributed by atoms with Gasteiger partial charge in [0.15, 0.2) is 0 Å². The molecule has 1 N–H and O–H groups in total. The van der Waals surface area contributed by atoms with E-state index in [1.807, 2.05) is 34.9 Å². The lowest BCUT2D eigenvalue weighted by molar-refractivity contribution is 0.179. The van der Waals surface area contributed by atoms with Crippen LogP contribution in [0.15, 0.2) is 31.0 Å². The fourth-order valence-corrected chi connectivity index (χ4v) is 3.06. The highest BCUT2D eigenvalue weighted by Gasteiger charge is 2.24. The molecule has 7 heteroatoms. The Morgan fingerprint density at radius 3 is 2.83 bits per heavy atom. The highest BCUT2D eigenvalue weighted by molar-refractivity contribution is 5.74. The van der Waals surface area contributed by atoms with E-state index in [0.717, 1.165) is 37.4 Å². The maximum absolute atomic E-state index is 12.3. The average Bonchev–Trinajstić information content (AvgIpc) is 3.14. The van der Waals surface area contributed by atoms with Crippen LogP contribution in [0.1, 0.15) is 43.2 Å². The van der Waals surface area contributed by atoms with Crippen LogP contribution in [0.25, 0.3) is 0 Å². The summed E-state index contributed by atoms with van der Waals surface area (Å²) in [6.45, 7) is 6.09.